The van der Waals surface area contributed by atoms with Gasteiger partial charge in [-0.05, 0) is 36.8 Å². The van der Waals surface area contributed by atoms with Crippen LogP contribution >= 0.6 is 0 Å². The Kier molecular flexibility index (Phi) is 7.32. The number of nitrogens with one attached hydrogen (secondary N) is 1. The van der Waals surface area contributed by atoms with Crippen molar-refractivity contribution in [2.75, 3.05) is 18.6 Å². The predicted octanol–water partition coefficient (Wildman–Crippen LogP) is 5.36. The van der Waals surface area contributed by atoms with Crippen LogP contribution in [0.2, 0.25) is 0 Å². The number of alkyl halides is 6. The highest BCUT2D eigenvalue weighted by Crippen LogP contribution is 2.39. The summed E-state index contributed by atoms with van der Waals surface area (Å²) in [4.78, 5) is 26.2. The lowest BCUT2D eigenvalue weighted by Gasteiger charge is -2.21. The van der Waals surface area contributed by atoms with E-state index in [0.717, 1.165) is 30.0 Å². The van der Waals surface area contributed by atoms with Crippen molar-refractivity contribution in [2.24, 2.45) is 0 Å². The number of amides is 1. The fourth-order valence-corrected chi connectivity index (χ4v) is 4.30. The molecule has 0 saturated heterocycles. The number of carbonyl (C=O) groups excluding carboxylic acids is 2. The normalized spacial score (nSPS) is 14.2. The van der Waals surface area contributed by atoms with Crippen LogP contribution in [-0.2, 0) is 30.2 Å². The first-order valence-electron chi connectivity index (χ1n) is 11.5. The van der Waals surface area contributed by atoms with E-state index >= 15 is 0 Å². The Balaban J connectivity index is 1.63. The number of esters is 1. The van der Waals surface area contributed by atoms with Gasteiger partial charge >= 0.3 is 18.3 Å². The first-order chi connectivity index (χ1) is 18.2. The van der Waals surface area contributed by atoms with Crippen LogP contribution in [0.25, 0.3) is 0 Å². The summed E-state index contributed by atoms with van der Waals surface area (Å²) in [6, 6.07) is 6.36. The van der Waals surface area contributed by atoms with Gasteiger partial charge in [-0.15, -0.1) is 0 Å². The maximum Gasteiger partial charge on any atom is 0.436 e. The van der Waals surface area contributed by atoms with Crippen molar-refractivity contribution in [1.29, 1.82) is 0 Å². The molecule has 1 aromatic heterocycles. The standard InChI is InChI=1S/C25H21F7N4O3/c1-13(17-8-5-15(11-18(17)26)23(38)39-2)33-21(37)19-20(25(30,31)32)34-36-10-9-35(22(19)36)12-14-3-6-16(7-4-14)24(27,28)29/h3-8,11,13H,9-10,12H2,1-2H3,(H,33,37)/t13-/m0/s1. The lowest BCUT2D eigenvalue weighted by molar-refractivity contribution is -0.142. The third-order valence-corrected chi connectivity index (χ3v) is 6.19. The highest BCUT2D eigenvalue weighted by molar-refractivity contribution is 6.01. The number of carbonyl (C=O) groups is 2. The molecule has 1 aliphatic heterocycles. The Morgan fingerprint density at radius 3 is 2.26 bits per heavy atom. The largest absolute Gasteiger partial charge is 0.465 e. The van der Waals surface area contributed by atoms with E-state index in [-0.39, 0.29) is 36.6 Å². The van der Waals surface area contributed by atoms with E-state index in [1.165, 1.54) is 36.1 Å². The van der Waals surface area contributed by atoms with Gasteiger partial charge in [0, 0.05) is 18.7 Å². The van der Waals surface area contributed by atoms with Gasteiger partial charge in [0.15, 0.2) is 5.69 Å². The lowest BCUT2D eigenvalue weighted by atomic mass is 10.0. The fourth-order valence-electron chi connectivity index (χ4n) is 4.30. The molecule has 2 heterocycles. The molecule has 14 heteroatoms. The first-order valence-corrected chi connectivity index (χ1v) is 11.5. The minimum atomic E-state index is -5.00. The Bertz CT molecular complexity index is 1400. The van der Waals surface area contributed by atoms with Crippen molar-refractivity contribution >= 4 is 17.7 Å². The Hall–Kier alpha value is -4.10. The van der Waals surface area contributed by atoms with E-state index in [2.05, 4.69) is 15.2 Å². The van der Waals surface area contributed by atoms with E-state index in [1.54, 1.807) is 0 Å². The van der Waals surface area contributed by atoms with Crippen molar-refractivity contribution in [1.82, 2.24) is 15.1 Å². The van der Waals surface area contributed by atoms with Crippen molar-refractivity contribution in [3.63, 3.8) is 0 Å². The monoisotopic (exact) mass is 558 g/mol. The van der Waals surface area contributed by atoms with Gasteiger partial charge in [0.25, 0.3) is 5.91 Å². The lowest BCUT2D eigenvalue weighted by Crippen LogP contribution is -2.31. The molecular weight excluding hydrogens is 537 g/mol. The second-order valence-electron chi connectivity index (χ2n) is 8.81. The topological polar surface area (TPSA) is 76.5 Å². The van der Waals surface area contributed by atoms with Crippen molar-refractivity contribution < 1.29 is 45.1 Å². The molecule has 0 fully saturated rings. The second kappa shape index (κ2) is 10.2. The van der Waals surface area contributed by atoms with E-state index in [0.29, 0.717) is 5.56 Å². The summed E-state index contributed by atoms with van der Waals surface area (Å²) in [5.74, 6) is -3.01. The van der Waals surface area contributed by atoms with Crippen LogP contribution in [0.1, 0.15) is 56.1 Å². The molecule has 1 N–H and O–H groups in total. The third kappa shape index (κ3) is 5.68. The van der Waals surface area contributed by atoms with Gasteiger partial charge in [0.2, 0.25) is 0 Å². The average Bonchev–Trinajstić information content (AvgIpc) is 3.43. The SMILES string of the molecule is COC(=O)c1ccc([C@H](C)NC(=O)c2c(C(F)(F)F)nn3c2N(Cc2ccc(C(F)(F)F)cc2)CC3)c(F)c1. The summed E-state index contributed by atoms with van der Waals surface area (Å²) in [6.45, 7) is 1.43. The van der Waals surface area contributed by atoms with Crippen LogP contribution in [0, 0.1) is 5.82 Å². The Labute approximate surface area is 217 Å². The summed E-state index contributed by atoms with van der Waals surface area (Å²) >= 11 is 0. The van der Waals surface area contributed by atoms with E-state index < -0.39 is 52.9 Å². The summed E-state index contributed by atoms with van der Waals surface area (Å²) < 4.78 is 100. The van der Waals surface area contributed by atoms with Gasteiger partial charge in [-0.2, -0.15) is 31.4 Å². The van der Waals surface area contributed by atoms with Gasteiger partial charge in [-0.25, -0.2) is 13.9 Å². The molecule has 3 aromatic rings. The number of hydrogen-bond acceptors (Lipinski definition) is 5. The highest BCUT2D eigenvalue weighted by Gasteiger charge is 2.44. The number of ether oxygens (including phenoxy) is 1. The Morgan fingerprint density at radius 1 is 1.03 bits per heavy atom. The third-order valence-electron chi connectivity index (χ3n) is 6.19. The van der Waals surface area contributed by atoms with Crippen LogP contribution < -0.4 is 10.2 Å². The number of methoxy groups -OCH3 is 1. The molecule has 1 aliphatic rings. The van der Waals surface area contributed by atoms with Crippen molar-refractivity contribution in [2.45, 2.75) is 38.4 Å². The molecule has 0 spiro atoms. The molecule has 1 amide bonds. The van der Waals surface area contributed by atoms with Gasteiger partial charge in [-0.3, -0.25) is 4.79 Å². The zero-order valence-electron chi connectivity index (χ0n) is 20.5. The molecule has 208 valence electrons. The van der Waals surface area contributed by atoms with Gasteiger partial charge < -0.3 is 15.0 Å². The molecular formula is C25H21F7N4O3. The molecule has 4 rings (SSSR count). The van der Waals surface area contributed by atoms with E-state index in [9.17, 15) is 40.3 Å². The Morgan fingerprint density at radius 2 is 1.69 bits per heavy atom. The summed E-state index contributed by atoms with van der Waals surface area (Å²) in [6.07, 6.45) is -9.55. The highest BCUT2D eigenvalue weighted by atomic mass is 19.4. The zero-order valence-corrected chi connectivity index (χ0v) is 20.5. The average molecular weight is 558 g/mol. The van der Waals surface area contributed by atoms with Crippen LogP contribution in [0.15, 0.2) is 42.5 Å². The summed E-state index contributed by atoms with van der Waals surface area (Å²) in [5, 5.41) is 5.93. The van der Waals surface area contributed by atoms with Crippen LogP contribution in [0.4, 0.5) is 36.6 Å². The minimum absolute atomic E-state index is 0.00546. The fraction of sp³-hybridized carbons (Fsp3) is 0.320. The summed E-state index contributed by atoms with van der Waals surface area (Å²) in [7, 11) is 1.11. The van der Waals surface area contributed by atoms with Crippen molar-refractivity contribution in [3.05, 3.63) is 81.8 Å². The first kappa shape index (κ1) is 27.9. The number of rotatable bonds is 6. The number of benzene rings is 2. The van der Waals surface area contributed by atoms with E-state index in [1.807, 2.05) is 0 Å². The number of aromatic nitrogens is 2. The number of halogens is 7. The zero-order chi connectivity index (χ0) is 28.7. The molecule has 0 aliphatic carbocycles. The van der Waals surface area contributed by atoms with Crippen LogP contribution in [-0.4, -0.2) is 35.3 Å². The van der Waals surface area contributed by atoms with Gasteiger partial charge in [0.05, 0.1) is 30.8 Å². The molecule has 7 nitrogen and oxygen atoms in total. The molecule has 0 bridgehead atoms. The quantitative estimate of drug-likeness (QED) is 0.326. The van der Waals surface area contributed by atoms with Crippen LogP contribution in [0.3, 0.4) is 0 Å². The molecule has 2 aromatic carbocycles. The molecule has 0 unspecified atom stereocenters. The number of hydrogen-bond donors (Lipinski definition) is 1. The summed E-state index contributed by atoms with van der Waals surface area (Å²) in [5.41, 5.74) is -2.91. The molecule has 39 heavy (non-hydrogen) atoms. The second-order valence-corrected chi connectivity index (χ2v) is 8.81. The maximum atomic E-state index is 14.7. The van der Waals surface area contributed by atoms with E-state index in [4.69, 9.17) is 0 Å². The number of fused-ring (bicyclic) bond motifs is 1. The number of anilines is 1. The maximum absolute atomic E-state index is 14.7. The van der Waals surface area contributed by atoms with Crippen molar-refractivity contribution in [3.8, 4) is 0 Å². The van der Waals surface area contributed by atoms with Gasteiger partial charge in [-0.1, -0.05) is 18.2 Å². The molecule has 0 saturated carbocycles. The predicted molar refractivity (Wildman–Crippen MR) is 123 cm³/mol. The number of nitrogens with zero attached hydrogens (tertiary/aromatic N) is 3. The molecule has 0 radical (unpaired) electrons. The van der Waals surface area contributed by atoms with Crippen LogP contribution in [0.5, 0.6) is 0 Å². The smallest absolute Gasteiger partial charge is 0.436 e. The minimum Gasteiger partial charge on any atom is -0.465 e. The molecule has 1 atom stereocenters. The van der Waals surface area contributed by atoms with Gasteiger partial charge in [0.1, 0.15) is 17.2 Å².